The molecule has 86 valence electrons. The highest BCUT2D eigenvalue weighted by Gasteiger charge is 2.09. The van der Waals surface area contributed by atoms with Gasteiger partial charge in [0.1, 0.15) is 5.82 Å². The van der Waals surface area contributed by atoms with Gasteiger partial charge < -0.3 is 0 Å². The van der Waals surface area contributed by atoms with Crippen LogP contribution in [0.2, 0.25) is 0 Å². The third-order valence-electron chi connectivity index (χ3n) is 2.66. The molecule has 0 radical (unpaired) electrons. The predicted octanol–water partition coefficient (Wildman–Crippen LogP) is 2.95. The Kier molecular flexibility index (Phi) is 3.28. The van der Waals surface area contributed by atoms with Gasteiger partial charge in [-0.3, -0.25) is 9.78 Å². The van der Waals surface area contributed by atoms with Crippen LogP contribution >= 0.6 is 0 Å². The number of Topliss-reactive ketones (excluding diaryl/α,β-unsaturated/α-hetero) is 1. The monoisotopic (exact) mass is 229 g/mol. The van der Waals surface area contributed by atoms with Gasteiger partial charge >= 0.3 is 0 Å². The zero-order valence-corrected chi connectivity index (χ0v) is 9.48. The number of ketones is 1. The molecule has 0 saturated carbocycles. The fourth-order valence-electron chi connectivity index (χ4n) is 1.64. The molecule has 0 unspecified atom stereocenters. The van der Waals surface area contributed by atoms with Gasteiger partial charge in [0.05, 0.1) is 0 Å². The molecule has 0 aliphatic heterocycles. The Bertz CT molecular complexity index is 537. The summed E-state index contributed by atoms with van der Waals surface area (Å²) in [4.78, 5) is 15.8. The maximum absolute atomic E-state index is 13.1. The van der Waals surface area contributed by atoms with E-state index in [-0.39, 0.29) is 18.0 Å². The lowest BCUT2D eigenvalue weighted by Gasteiger charge is -2.05. The third kappa shape index (κ3) is 2.75. The molecule has 1 aromatic carbocycles. The van der Waals surface area contributed by atoms with E-state index >= 15 is 0 Å². The number of pyridine rings is 1. The molecular formula is C14H12FNO. The topological polar surface area (TPSA) is 30.0 Å². The number of hydrogen-bond donors (Lipinski definition) is 0. The first kappa shape index (κ1) is 11.5. The summed E-state index contributed by atoms with van der Waals surface area (Å²) in [7, 11) is 0. The molecule has 2 aromatic rings. The van der Waals surface area contributed by atoms with Crippen LogP contribution in [-0.4, -0.2) is 10.8 Å². The first-order chi connectivity index (χ1) is 8.16. The number of carbonyl (C=O) groups is 1. The molecule has 0 N–H and O–H groups in total. The highest BCUT2D eigenvalue weighted by Crippen LogP contribution is 2.13. The standard InChI is InChI=1S/C14H12FNO/c1-10-2-3-13(15)8-12(10)9-14(17)11-4-6-16-7-5-11/h2-8H,9H2,1H3. The second-order valence-corrected chi connectivity index (χ2v) is 3.91. The molecule has 0 atom stereocenters. The molecule has 0 bridgehead atoms. The Labute approximate surface area is 99.1 Å². The van der Waals surface area contributed by atoms with Crippen molar-refractivity contribution in [3.63, 3.8) is 0 Å². The summed E-state index contributed by atoms with van der Waals surface area (Å²) in [6, 6.07) is 7.82. The fourth-order valence-corrected chi connectivity index (χ4v) is 1.64. The van der Waals surface area contributed by atoms with Gasteiger partial charge in [-0.25, -0.2) is 4.39 Å². The van der Waals surface area contributed by atoms with Gasteiger partial charge in [0.2, 0.25) is 0 Å². The fraction of sp³-hybridized carbons (Fsp3) is 0.143. The largest absolute Gasteiger partial charge is 0.294 e. The number of aryl methyl sites for hydroxylation is 1. The summed E-state index contributed by atoms with van der Waals surface area (Å²) in [5.41, 5.74) is 2.25. The lowest BCUT2D eigenvalue weighted by molar-refractivity contribution is 0.0992. The molecule has 0 spiro atoms. The van der Waals surface area contributed by atoms with Gasteiger partial charge in [-0.05, 0) is 42.3 Å². The molecule has 0 aliphatic carbocycles. The normalized spacial score (nSPS) is 10.2. The van der Waals surface area contributed by atoms with Gasteiger partial charge in [0, 0.05) is 24.4 Å². The van der Waals surface area contributed by atoms with Crippen LogP contribution in [0.25, 0.3) is 0 Å². The van der Waals surface area contributed by atoms with Crippen LogP contribution in [0, 0.1) is 12.7 Å². The highest BCUT2D eigenvalue weighted by atomic mass is 19.1. The summed E-state index contributed by atoms with van der Waals surface area (Å²) in [6.45, 7) is 1.87. The van der Waals surface area contributed by atoms with Crippen molar-refractivity contribution in [3.05, 3.63) is 65.2 Å². The van der Waals surface area contributed by atoms with E-state index in [9.17, 15) is 9.18 Å². The van der Waals surface area contributed by atoms with Crippen molar-refractivity contribution in [1.82, 2.24) is 4.98 Å². The Balaban J connectivity index is 2.22. The first-order valence-electron chi connectivity index (χ1n) is 5.35. The molecule has 0 saturated heterocycles. The summed E-state index contributed by atoms with van der Waals surface area (Å²) in [5.74, 6) is -0.339. The minimum atomic E-state index is -0.312. The summed E-state index contributed by atoms with van der Waals surface area (Å²) in [6.07, 6.45) is 3.37. The lowest BCUT2D eigenvalue weighted by atomic mass is 10.00. The maximum Gasteiger partial charge on any atom is 0.167 e. The van der Waals surface area contributed by atoms with Crippen LogP contribution in [0.5, 0.6) is 0 Å². The number of hydrogen-bond acceptors (Lipinski definition) is 2. The van der Waals surface area contributed by atoms with Crippen molar-refractivity contribution in [3.8, 4) is 0 Å². The van der Waals surface area contributed by atoms with E-state index in [1.54, 1.807) is 30.6 Å². The van der Waals surface area contributed by atoms with E-state index in [1.165, 1.54) is 12.1 Å². The zero-order chi connectivity index (χ0) is 12.3. The number of aromatic nitrogens is 1. The number of carbonyl (C=O) groups excluding carboxylic acids is 1. The molecule has 2 rings (SSSR count). The predicted molar refractivity (Wildman–Crippen MR) is 63.4 cm³/mol. The molecule has 0 aliphatic rings. The molecule has 0 fully saturated rings. The average molecular weight is 229 g/mol. The molecule has 1 heterocycles. The van der Waals surface area contributed by atoms with E-state index < -0.39 is 0 Å². The molecule has 3 heteroatoms. The van der Waals surface area contributed by atoms with E-state index in [2.05, 4.69) is 4.98 Å². The molecule has 1 aromatic heterocycles. The van der Waals surface area contributed by atoms with Crippen molar-refractivity contribution in [1.29, 1.82) is 0 Å². The van der Waals surface area contributed by atoms with Gasteiger partial charge in [-0.1, -0.05) is 6.07 Å². The van der Waals surface area contributed by atoms with Crippen molar-refractivity contribution >= 4 is 5.78 Å². The second kappa shape index (κ2) is 4.87. The second-order valence-electron chi connectivity index (χ2n) is 3.91. The summed E-state index contributed by atoms with van der Waals surface area (Å²) < 4.78 is 13.1. The van der Waals surface area contributed by atoms with Crippen LogP contribution in [0.1, 0.15) is 21.5 Å². The SMILES string of the molecule is Cc1ccc(F)cc1CC(=O)c1ccncc1. The summed E-state index contributed by atoms with van der Waals surface area (Å²) in [5, 5.41) is 0. The minimum Gasteiger partial charge on any atom is -0.294 e. The Hall–Kier alpha value is -2.03. The quantitative estimate of drug-likeness (QED) is 0.757. The third-order valence-corrected chi connectivity index (χ3v) is 2.66. The maximum atomic E-state index is 13.1. The Morgan fingerprint density at radius 3 is 2.65 bits per heavy atom. The van der Waals surface area contributed by atoms with Crippen molar-refractivity contribution in [2.24, 2.45) is 0 Å². The van der Waals surface area contributed by atoms with Crippen LogP contribution in [0.15, 0.2) is 42.7 Å². The Morgan fingerprint density at radius 2 is 1.94 bits per heavy atom. The van der Waals surface area contributed by atoms with Gasteiger partial charge in [-0.2, -0.15) is 0 Å². The van der Waals surface area contributed by atoms with E-state index in [4.69, 9.17) is 0 Å². The van der Waals surface area contributed by atoms with Crippen LogP contribution in [0.4, 0.5) is 4.39 Å². The zero-order valence-electron chi connectivity index (χ0n) is 9.48. The van der Waals surface area contributed by atoms with E-state index in [0.29, 0.717) is 5.56 Å². The minimum absolute atomic E-state index is 0.0268. The number of benzene rings is 1. The summed E-state index contributed by atoms with van der Waals surface area (Å²) >= 11 is 0. The number of nitrogens with zero attached hydrogens (tertiary/aromatic N) is 1. The lowest BCUT2D eigenvalue weighted by Crippen LogP contribution is -2.05. The van der Waals surface area contributed by atoms with Crippen LogP contribution < -0.4 is 0 Å². The average Bonchev–Trinajstić information content (AvgIpc) is 2.35. The molecule has 2 nitrogen and oxygen atoms in total. The van der Waals surface area contributed by atoms with Gasteiger partial charge in [0.25, 0.3) is 0 Å². The van der Waals surface area contributed by atoms with Crippen molar-refractivity contribution in [2.45, 2.75) is 13.3 Å². The van der Waals surface area contributed by atoms with Gasteiger partial charge in [0.15, 0.2) is 5.78 Å². The van der Waals surface area contributed by atoms with E-state index in [0.717, 1.165) is 11.1 Å². The van der Waals surface area contributed by atoms with Gasteiger partial charge in [-0.15, -0.1) is 0 Å². The van der Waals surface area contributed by atoms with Crippen LogP contribution in [0.3, 0.4) is 0 Å². The Morgan fingerprint density at radius 1 is 1.24 bits per heavy atom. The number of halogens is 1. The highest BCUT2D eigenvalue weighted by molar-refractivity contribution is 5.97. The van der Waals surface area contributed by atoms with E-state index in [1.807, 2.05) is 6.92 Å². The first-order valence-corrected chi connectivity index (χ1v) is 5.35. The number of rotatable bonds is 3. The molecule has 0 amide bonds. The van der Waals surface area contributed by atoms with Crippen molar-refractivity contribution in [2.75, 3.05) is 0 Å². The molecule has 17 heavy (non-hydrogen) atoms. The van der Waals surface area contributed by atoms with Crippen LogP contribution in [-0.2, 0) is 6.42 Å². The smallest absolute Gasteiger partial charge is 0.167 e. The molecular weight excluding hydrogens is 217 g/mol. The van der Waals surface area contributed by atoms with Crippen molar-refractivity contribution < 1.29 is 9.18 Å².